The monoisotopic (exact) mass is 252 g/mol. The van der Waals surface area contributed by atoms with Gasteiger partial charge in [-0.3, -0.25) is 19.8 Å². The zero-order chi connectivity index (χ0) is 13.0. The zero-order valence-electron chi connectivity index (χ0n) is 9.96. The van der Waals surface area contributed by atoms with E-state index in [-0.39, 0.29) is 30.9 Å². The molecule has 0 aromatic carbocycles. The van der Waals surface area contributed by atoms with E-state index in [0.717, 1.165) is 19.4 Å². The van der Waals surface area contributed by atoms with Gasteiger partial charge in [-0.1, -0.05) is 0 Å². The van der Waals surface area contributed by atoms with Gasteiger partial charge in [-0.2, -0.15) is 0 Å². The summed E-state index contributed by atoms with van der Waals surface area (Å²) in [7, 11) is 0. The van der Waals surface area contributed by atoms with Crippen molar-refractivity contribution in [3.05, 3.63) is 24.2 Å². The maximum absolute atomic E-state index is 11.7. The van der Waals surface area contributed by atoms with Gasteiger partial charge in [0.25, 0.3) is 5.91 Å². The summed E-state index contributed by atoms with van der Waals surface area (Å²) in [6, 6.07) is 3.10. The summed E-state index contributed by atoms with van der Waals surface area (Å²) in [5.41, 5.74) is 0. The molecule has 2 N–H and O–H groups in total. The number of carbonyl (C=O) groups excluding carboxylic acids is 2. The standard InChI is InChI=1S/C12H16N2O4/c15-8-9-3-1-5-14(9)7-11(16)13-12(17)10-4-2-6-18-10/h2,4,6,9,15H,1,3,5,7-8H2,(H,13,16,17). The molecular formula is C12H16N2O4. The Balaban J connectivity index is 1.83. The first-order valence-electron chi connectivity index (χ1n) is 5.93. The van der Waals surface area contributed by atoms with Crippen LogP contribution in [-0.2, 0) is 4.79 Å². The number of likely N-dealkylation sites (tertiary alicyclic amines) is 1. The minimum absolute atomic E-state index is 0.0227. The third kappa shape index (κ3) is 2.96. The fourth-order valence-corrected chi connectivity index (χ4v) is 2.13. The van der Waals surface area contributed by atoms with E-state index in [9.17, 15) is 9.59 Å². The molecule has 6 nitrogen and oxygen atoms in total. The van der Waals surface area contributed by atoms with Gasteiger partial charge in [0.15, 0.2) is 5.76 Å². The van der Waals surface area contributed by atoms with E-state index in [2.05, 4.69) is 5.32 Å². The number of hydrogen-bond acceptors (Lipinski definition) is 5. The quantitative estimate of drug-likeness (QED) is 0.787. The minimum Gasteiger partial charge on any atom is -0.459 e. The summed E-state index contributed by atoms with van der Waals surface area (Å²) in [5, 5.41) is 11.4. The Bertz CT molecular complexity index is 416. The van der Waals surface area contributed by atoms with E-state index in [4.69, 9.17) is 9.52 Å². The van der Waals surface area contributed by atoms with Gasteiger partial charge in [0.1, 0.15) is 0 Å². The van der Waals surface area contributed by atoms with Crippen LogP contribution in [0.5, 0.6) is 0 Å². The molecule has 2 rings (SSSR count). The largest absolute Gasteiger partial charge is 0.459 e. The molecule has 2 amide bonds. The summed E-state index contributed by atoms with van der Waals surface area (Å²) < 4.78 is 4.89. The molecule has 0 radical (unpaired) electrons. The van der Waals surface area contributed by atoms with Crippen LogP contribution in [-0.4, -0.2) is 47.6 Å². The van der Waals surface area contributed by atoms with E-state index >= 15 is 0 Å². The molecule has 2 heterocycles. The van der Waals surface area contributed by atoms with Crippen LogP contribution >= 0.6 is 0 Å². The predicted octanol–water partition coefficient (Wildman–Crippen LogP) is -0.00730. The second-order valence-corrected chi connectivity index (χ2v) is 4.30. The normalized spacial score (nSPS) is 19.9. The van der Waals surface area contributed by atoms with Crippen molar-refractivity contribution in [2.45, 2.75) is 18.9 Å². The number of rotatable bonds is 4. The molecule has 0 spiro atoms. The highest BCUT2D eigenvalue weighted by molar-refractivity contribution is 6.03. The Kier molecular flexibility index (Phi) is 4.11. The Morgan fingerprint density at radius 2 is 2.39 bits per heavy atom. The molecule has 0 saturated carbocycles. The van der Waals surface area contributed by atoms with Crippen LogP contribution in [0, 0.1) is 0 Å². The van der Waals surface area contributed by atoms with Crippen molar-refractivity contribution in [1.29, 1.82) is 0 Å². The van der Waals surface area contributed by atoms with Gasteiger partial charge in [0, 0.05) is 6.04 Å². The molecule has 1 saturated heterocycles. The van der Waals surface area contributed by atoms with Crippen molar-refractivity contribution in [3.8, 4) is 0 Å². The van der Waals surface area contributed by atoms with Gasteiger partial charge in [-0.25, -0.2) is 0 Å². The molecule has 1 unspecified atom stereocenters. The van der Waals surface area contributed by atoms with E-state index in [1.54, 1.807) is 6.07 Å². The molecule has 0 bridgehead atoms. The molecule has 1 aromatic rings. The number of imide groups is 1. The maximum atomic E-state index is 11.7. The van der Waals surface area contributed by atoms with Crippen LogP contribution in [0.25, 0.3) is 0 Å². The van der Waals surface area contributed by atoms with Gasteiger partial charge in [0.05, 0.1) is 19.4 Å². The molecular weight excluding hydrogens is 236 g/mol. The first-order chi connectivity index (χ1) is 8.70. The van der Waals surface area contributed by atoms with Gasteiger partial charge in [-0.15, -0.1) is 0 Å². The summed E-state index contributed by atoms with van der Waals surface area (Å²) in [6.07, 6.45) is 3.22. The van der Waals surface area contributed by atoms with Crippen LogP contribution < -0.4 is 5.32 Å². The van der Waals surface area contributed by atoms with Gasteiger partial charge < -0.3 is 9.52 Å². The second-order valence-electron chi connectivity index (χ2n) is 4.30. The van der Waals surface area contributed by atoms with Crippen molar-refractivity contribution >= 4 is 11.8 Å². The highest BCUT2D eigenvalue weighted by Crippen LogP contribution is 2.15. The number of aliphatic hydroxyl groups excluding tert-OH is 1. The lowest BCUT2D eigenvalue weighted by Gasteiger charge is -2.21. The number of furan rings is 1. The van der Waals surface area contributed by atoms with Crippen LogP contribution in [0.4, 0.5) is 0 Å². The first-order valence-corrected chi connectivity index (χ1v) is 5.93. The Morgan fingerprint density at radius 3 is 3.06 bits per heavy atom. The SMILES string of the molecule is O=C(CN1CCCC1CO)NC(=O)c1ccco1. The fraction of sp³-hybridized carbons (Fsp3) is 0.500. The fourth-order valence-electron chi connectivity index (χ4n) is 2.13. The average molecular weight is 252 g/mol. The van der Waals surface area contributed by atoms with Crippen molar-refractivity contribution in [1.82, 2.24) is 10.2 Å². The highest BCUT2D eigenvalue weighted by Gasteiger charge is 2.26. The van der Waals surface area contributed by atoms with Crippen molar-refractivity contribution in [2.75, 3.05) is 19.7 Å². The number of carbonyl (C=O) groups is 2. The van der Waals surface area contributed by atoms with E-state index < -0.39 is 5.91 Å². The van der Waals surface area contributed by atoms with Gasteiger partial charge in [0.2, 0.25) is 5.91 Å². The molecule has 98 valence electrons. The lowest BCUT2D eigenvalue weighted by molar-refractivity contribution is -0.121. The highest BCUT2D eigenvalue weighted by atomic mass is 16.3. The first kappa shape index (κ1) is 12.8. The van der Waals surface area contributed by atoms with Crippen LogP contribution in [0.15, 0.2) is 22.8 Å². The Morgan fingerprint density at radius 1 is 1.56 bits per heavy atom. The number of hydrogen-bond donors (Lipinski definition) is 2. The van der Waals surface area contributed by atoms with E-state index in [1.165, 1.54) is 12.3 Å². The molecule has 18 heavy (non-hydrogen) atoms. The zero-order valence-corrected chi connectivity index (χ0v) is 9.96. The number of aliphatic hydroxyl groups is 1. The third-order valence-corrected chi connectivity index (χ3v) is 3.05. The second kappa shape index (κ2) is 5.79. The molecule has 0 aliphatic carbocycles. The smallest absolute Gasteiger partial charge is 0.293 e. The molecule has 1 aromatic heterocycles. The van der Waals surface area contributed by atoms with Gasteiger partial charge in [-0.05, 0) is 31.5 Å². The molecule has 1 fully saturated rings. The summed E-state index contributed by atoms with van der Waals surface area (Å²) in [5.74, 6) is -0.801. The number of nitrogens with one attached hydrogen (secondary N) is 1. The van der Waals surface area contributed by atoms with Crippen LogP contribution in [0.2, 0.25) is 0 Å². The van der Waals surface area contributed by atoms with Crippen LogP contribution in [0.3, 0.4) is 0 Å². The minimum atomic E-state index is -0.537. The molecule has 1 aliphatic rings. The van der Waals surface area contributed by atoms with Crippen molar-refractivity contribution in [3.63, 3.8) is 0 Å². The molecule has 1 atom stereocenters. The summed E-state index contributed by atoms with van der Waals surface area (Å²) >= 11 is 0. The third-order valence-electron chi connectivity index (χ3n) is 3.05. The topological polar surface area (TPSA) is 82.8 Å². The van der Waals surface area contributed by atoms with E-state index in [0.29, 0.717) is 0 Å². The number of amides is 2. The summed E-state index contributed by atoms with van der Waals surface area (Å²) in [6.45, 7) is 0.935. The number of nitrogens with zero attached hydrogens (tertiary/aromatic N) is 1. The average Bonchev–Trinajstić information content (AvgIpc) is 2.98. The lowest BCUT2D eigenvalue weighted by atomic mass is 10.2. The van der Waals surface area contributed by atoms with Crippen molar-refractivity contribution < 1.29 is 19.1 Å². The lowest BCUT2D eigenvalue weighted by Crippen LogP contribution is -2.42. The Hall–Kier alpha value is -1.66. The Labute approximate surface area is 105 Å². The summed E-state index contributed by atoms with van der Waals surface area (Å²) in [4.78, 5) is 25.1. The van der Waals surface area contributed by atoms with Crippen molar-refractivity contribution in [2.24, 2.45) is 0 Å². The van der Waals surface area contributed by atoms with Gasteiger partial charge >= 0.3 is 0 Å². The predicted molar refractivity (Wildman–Crippen MR) is 62.9 cm³/mol. The van der Waals surface area contributed by atoms with Crippen LogP contribution in [0.1, 0.15) is 23.4 Å². The van der Waals surface area contributed by atoms with E-state index in [1.807, 2.05) is 4.90 Å². The molecule has 1 aliphatic heterocycles. The molecule has 6 heteroatoms. The maximum Gasteiger partial charge on any atom is 0.293 e.